The van der Waals surface area contributed by atoms with Crippen molar-refractivity contribution in [3.8, 4) is 0 Å². The third kappa shape index (κ3) is 15.0. The van der Waals surface area contributed by atoms with Crippen molar-refractivity contribution in [1.82, 2.24) is 4.72 Å². The highest BCUT2D eigenvalue weighted by molar-refractivity contribution is 7.90. The van der Waals surface area contributed by atoms with Crippen LogP contribution >= 0.6 is 0 Å². The van der Waals surface area contributed by atoms with Gasteiger partial charge in [0.05, 0.1) is 11.9 Å². The van der Waals surface area contributed by atoms with E-state index in [-0.39, 0.29) is 5.97 Å². The second-order valence-corrected chi connectivity index (χ2v) is 11.0. The normalized spacial score (nSPS) is 12.3. The second kappa shape index (κ2) is 15.3. The Morgan fingerprint density at radius 1 is 0.741 bits per heavy atom. The van der Waals surface area contributed by atoms with Crippen molar-refractivity contribution in [1.29, 1.82) is 0 Å². The highest BCUT2D eigenvalue weighted by atomic mass is 32.2. The molecule has 0 saturated carbocycles. The monoisotopic (exact) mass is 405 g/mol. The summed E-state index contributed by atoms with van der Waals surface area (Å²) in [5.74, 6) is -0.0961. The van der Waals surface area contributed by atoms with E-state index in [0.29, 0.717) is 13.0 Å². The van der Waals surface area contributed by atoms with E-state index in [1.807, 2.05) is 0 Å². The molecule has 0 aromatic heterocycles. The number of carbonyl (C=O) groups excluding carboxylic acids is 1. The third-order valence-corrected chi connectivity index (χ3v) is 7.08. The number of methoxy groups -OCH3 is 1. The molecular weight excluding hydrogens is 362 g/mol. The van der Waals surface area contributed by atoms with E-state index < -0.39 is 14.8 Å². The molecule has 0 aromatic rings. The molecule has 162 valence electrons. The van der Waals surface area contributed by atoms with Gasteiger partial charge in [-0.15, -0.1) is 0 Å². The lowest BCUT2D eigenvalue weighted by atomic mass is 10.0. The van der Waals surface area contributed by atoms with Crippen molar-refractivity contribution in [2.45, 2.75) is 115 Å². The van der Waals surface area contributed by atoms with Gasteiger partial charge in [-0.1, -0.05) is 70.6 Å². The Labute approximate surface area is 168 Å². The lowest BCUT2D eigenvalue weighted by molar-refractivity contribution is -0.140. The Bertz CT molecular complexity index is 469. The number of hydrogen-bond donors (Lipinski definition) is 1. The molecule has 6 heteroatoms. The van der Waals surface area contributed by atoms with Crippen LogP contribution in [0.25, 0.3) is 0 Å². The minimum Gasteiger partial charge on any atom is -0.469 e. The van der Waals surface area contributed by atoms with E-state index in [0.717, 1.165) is 25.7 Å². The van der Waals surface area contributed by atoms with E-state index in [1.165, 1.54) is 64.9 Å². The van der Waals surface area contributed by atoms with Crippen LogP contribution in [0.2, 0.25) is 0 Å². The number of nitrogens with one attached hydrogen (secondary N) is 1. The fraction of sp³-hybridized carbons (Fsp3) is 0.952. The molecule has 0 saturated heterocycles. The summed E-state index contributed by atoms with van der Waals surface area (Å²) in [6.07, 6.45) is 16.1. The highest BCUT2D eigenvalue weighted by Gasteiger charge is 2.27. The van der Waals surface area contributed by atoms with Crippen LogP contribution < -0.4 is 4.72 Å². The van der Waals surface area contributed by atoms with Crippen LogP contribution in [0, 0.1) is 0 Å². The molecule has 0 aliphatic rings. The molecule has 0 heterocycles. The molecule has 1 N–H and O–H groups in total. The summed E-state index contributed by atoms with van der Waals surface area (Å²) < 4.78 is 30.4. The number of esters is 1. The first-order valence-electron chi connectivity index (χ1n) is 10.8. The van der Waals surface area contributed by atoms with Crippen LogP contribution in [0.15, 0.2) is 0 Å². The first-order valence-corrected chi connectivity index (χ1v) is 12.2. The smallest absolute Gasteiger partial charge is 0.305 e. The molecule has 0 aromatic carbocycles. The van der Waals surface area contributed by atoms with Crippen LogP contribution in [0.5, 0.6) is 0 Å². The number of carbonyl (C=O) groups is 1. The van der Waals surface area contributed by atoms with Gasteiger partial charge in [-0.3, -0.25) is 4.79 Å². The van der Waals surface area contributed by atoms with E-state index in [9.17, 15) is 13.2 Å². The molecule has 0 spiro atoms. The molecular formula is C21H43NO4S. The number of sulfonamides is 1. The first-order chi connectivity index (χ1) is 12.7. The zero-order chi connectivity index (χ0) is 20.6. The molecule has 0 amide bonds. The molecule has 0 unspecified atom stereocenters. The van der Waals surface area contributed by atoms with Gasteiger partial charge in [0, 0.05) is 13.0 Å². The molecule has 0 radical (unpaired) electrons. The topological polar surface area (TPSA) is 72.5 Å². The van der Waals surface area contributed by atoms with Gasteiger partial charge in [-0.2, -0.15) is 0 Å². The van der Waals surface area contributed by atoms with Gasteiger partial charge in [0.1, 0.15) is 0 Å². The largest absolute Gasteiger partial charge is 0.469 e. The van der Waals surface area contributed by atoms with E-state index >= 15 is 0 Å². The number of rotatable bonds is 17. The lowest BCUT2D eigenvalue weighted by Crippen LogP contribution is -2.39. The second-order valence-electron chi connectivity index (χ2n) is 8.43. The maximum atomic E-state index is 11.9. The van der Waals surface area contributed by atoms with Crippen molar-refractivity contribution in [3.05, 3.63) is 0 Å². The summed E-state index contributed by atoms with van der Waals surface area (Å²) in [5.41, 5.74) is 0. The SMILES string of the molecule is COC(=O)CCCCCCCCCCCCCCCNS(=O)(=O)C(C)(C)C. The maximum Gasteiger partial charge on any atom is 0.305 e. The lowest BCUT2D eigenvalue weighted by Gasteiger charge is -2.19. The van der Waals surface area contributed by atoms with Crippen LogP contribution in [0.1, 0.15) is 111 Å². The summed E-state index contributed by atoms with van der Waals surface area (Å²) >= 11 is 0. The molecule has 0 aliphatic carbocycles. The third-order valence-electron chi connectivity index (χ3n) is 4.88. The average molecular weight is 406 g/mol. The van der Waals surface area contributed by atoms with Crippen molar-refractivity contribution in [2.24, 2.45) is 0 Å². The van der Waals surface area contributed by atoms with Crippen molar-refractivity contribution >= 4 is 16.0 Å². The van der Waals surface area contributed by atoms with Crippen molar-refractivity contribution in [2.75, 3.05) is 13.7 Å². The highest BCUT2D eigenvalue weighted by Crippen LogP contribution is 2.14. The van der Waals surface area contributed by atoms with Crippen molar-refractivity contribution < 1.29 is 17.9 Å². The fourth-order valence-electron chi connectivity index (χ4n) is 2.86. The van der Waals surface area contributed by atoms with Gasteiger partial charge in [-0.25, -0.2) is 13.1 Å². The zero-order valence-electron chi connectivity index (χ0n) is 18.1. The molecule has 0 bridgehead atoms. The summed E-state index contributed by atoms with van der Waals surface area (Å²) in [5, 5.41) is 0. The Morgan fingerprint density at radius 3 is 1.48 bits per heavy atom. The van der Waals surface area contributed by atoms with Crippen LogP contribution in [0.3, 0.4) is 0 Å². The molecule has 0 aliphatic heterocycles. The Kier molecular flexibility index (Phi) is 15.0. The molecule has 5 nitrogen and oxygen atoms in total. The van der Waals surface area contributed by atoms with E-state index in [4.69, 9.17) is 0 Å². The number of hydrogen-bond acceptors (Lipinski definition) is 4. The van der Waals surface area contributed by atoms with Crippen molar-refractivity contribution in [3.63, 3.8) is 0 Å². The maximum absolute atomic E-state index is 11.9. The first kappa shape index (κ1) is 26.4. The zero-order valence-corrected chi connectivity index (χ0v) is 19.0. The number of unbranched alkanes of at least 4 members (excludes halogenated alkanes) is 12. The van der Waals surface area contributed by atoms with Crippen LogP contribution in [0.4, 0.5) is 0 Å². The van der Waals surface area contributed by atoms with Gasteiger partial charge in [0.2, 0.25) is 10.0 Å². The summed E-state index contributed by atoms with van der Waals surface area (Å²) in [6, 6.07) is 0. The fourth-order valence-corrected chi connectivity index (χ4v) is 3.71. The minimum atomic E-state index is -3.19. The van der Waals surface area contributed by atoms with Gasteiger partial charge < -0.3 is 4.74 Å². The molecule has 0 atom stereocenters. The quantitative estimate of drug-likeness (QED) is 0.262. The van der Waals surface area contributed by atoms with E-state index in [1.54, 1.807) is 20.8 Å². The summed E-state index contributed by atoms with van der Waals surface area (Å²) in [6.45, 7) is 5.72. The Balaban J connectivity index is 3.27. The Hall–Kier alpha value is -0.620. The van der Waals surface area contributed by atoms with Gasteiger partial charge in [0.15, 0.2) is 0 Å². The predicted octanol–water partition coefficient (Wildman–Crippen LogP) is 5.34. The average Bonchev–Trinajstić information content (AvgIpc) is 2.60. The van der Waals surface area contributed by atoms with Gasteiger partial charge in [-0.05, 0) is 33.6 Å². The standard InChI is InChI=1S/C21H43NO4S/c1-21(2,3)27(24,25)22-19-17-15-13-11-9-7-5-6-8-10-12-14-16-18-20(23)26-4/h22H,5-19H2,1-4H3. The summed E-state index contributed by atoms with van der Waals surface area (Å²) in [7, 11) is -1.75. The van der Waals surface area contributed by atoms with Gasteiger partial charge >= 0.3 is 5.97 Å². The van der Waals surface area contributed by atoms with Crippen LogP contribution in [-0.2, 0) is 19.6 Å². The number of ether oxygens (including phenoxy) is 1. The molecule has 27 heavy (non-hydrogen) atoms. The molecule has 0 rings (SSSR count). The minimum absolute atomic E-state index is 0.0961. The predicted molar refractivity (Wildman–Crippen MR) is 113 cm³/mol. The summed E-state index contributed by atoms with van der Waals surface area (Å²) in [4.78, 5) is 11.0. The molecule has 0 fully saturated rings. The Morgan fingerprint density at radius 2 is 1.11 bits per heavy atom. The van der Waals surface area contributed by atoms with Crippen LogP contribution in [-0.4, -0.2) is 32.8 Å². The van der Waals surface area contributed by atoms with Gasteiger partial charge in [0.25, 0.3) is 0 Å². The van der Waals surface area contributed by atoms with E-state index in [2.05, 4.69) is 9.46 Å².